The summed E-state index contributed by atoms with van der Waals surface area (Å²) >= 11 is 10.4. The molecular weight excluding hydrogens is 420 g/mol. The second kappa shape index (κ2) is 9.76. The minimum atomic E-state index is 0.924. The third kappa shape index (κ3) is 6.17. The van der Waals surface area contributed by atoms with E-state index in [-0.39, 0.29) is 0 Å². The largest absolute Gasteiger partial charge is 0.0876 e. The molecular formula is C15H15Br3. The van der Waals surface area contributed by atoms with Gasteiger partial charge in [-0.15, -0.1) is 0 Å². The van der Waals surface area contributed by atoms with E-state index in [1.807, 2.05) is 36.4 Å². The summed E-state index contributed by atoms with van der Waals surface area (Å²) in [6.45, 7) is 0. The van der Waals surface area contributed by atoms with Crippen molar-refractivity contribution in [1.82, 2.24) is 0 Å². The Balaban J connectivity index is 0.000000225. The summed E-state index contributed by atoms with van der Waals surface area (Å²) in [7, 11) is 0. The fourth-order valence-electron chi connectivity index (χ4n) is 1.46. The van der Waals surface area contributed by atoms with Gasteiger partial charge in [0.15, 0.2) is 0 Å². The highest BCUT2D eigenvalue weighted by atomic mass is 79.9. The van der Waals surface area contributed by atoms with Crippen molar-refractivity contribution in [2.24, 2.45) is 0 Å². The van der Waals surface area contributed by atoms with Gasteiger partial charge in [0.1, 0.15) is 0 Å². The van der Waals surface area contributed by atoms with Crippen LogP contribution in [0.2, 0.25) is 0 Å². The summed E-state index contributed by atoms with van der Waals surface area (Å²) in [4.78, 5) is 0. The summed E-state index contributed by atoms with van der Waals surface area (Å²) in [6.07, 6.45) is 0. The summed E-state index contributed by atoms with van der Waals surface area (Å²) in [5.41, 5.74) is 4.00. The fraction of sp³-hybridized carbons (Fsp3) is 0.200. The van der Waals surface area contributed by atoms with Crippen molar-refractivity contribution in [2.75, 3.05) is 0 Å². The molecule has 0 bridgehead atoms. The third-order valence-electron chi connectivity index (χ3n) is 2.24. The Hall–Kier alpha value is -0.120. The number of rotatable bonds is 3. The van der Waals surface area contributed by atoms with E-state index in [0.29, 0.717) is 0 Å². The molecule has 3 heteroatoms. The first kappa shape index (κ1) is 15.9. The van der Waals surface area contributed by atoms with Crippen molar-refractivity contribution in [1.29, 1.82) is 0 Å². The molecule has 0 heterocycles. The predicted molar refractivity (Wildman–Crippen MR) is 90.8 cm³/mol. The Morgan fingerprint density at radius 3 is 0.889 bits per heavy atom. The number of benzene rings is 2. The van der Waals surface area contributed by atoms with Gasteiger partial charge in [-0.25, -0.2) is 0 Å². The van der Waals surface area contributed by atoms with Crippen molar-refractivity contribution >= 4 is 47.8 Å². The molecule has 0 unspecified atom stereocenters. The zero-order valence-electron chi connectivity index (χ0n) is 9.95. The minimum Gasteiger partial charge on any atom is -0.0876 e. The Kier molecular flexibility index (Phi) is 8.64. The van der Waals surface area contributed by atoms with Crippen LogP contribution in [0, 0.1) is 0 Å². The number of alkyl halides is 3. The van der Waals surface area contributed by atoms with E-state index < -0.39 is 0 Å². The van der Waals surface area contributed by atoms with Crippen LogP contribution in [0.15, 0.2) is 54.6 Å². The molecule has 0 aliphatic heterocycles. The van der Waals surface area contributed by atoms with Crippen molar-refractivity contribution in [3.63, 3.8) is 0 Å². The minimum absolute atomic E-state index is 0.924. The molecule has 0 fully saturated rings. The Morgan fingerprint density at radius 1 is 0.500 bits per heavy atom. The van der Waals surface area contributed by atoms with Crippen molar-refractivity contribution in [3.8, 4) is 0 Å². The SMILES string of the molecule is BrCc1cc(CBr)cc(CBr)c1.c1ccccc1. The quantitative estimate of drug-likeness (QED) is 0.515. The Bertz CT molecular complexity index is 359. The Morgan fingerprint density at radius 2 is 0.722 bits per heavy atom. The first-order valence-corrected chi connectivity index (χ1v) is 8.96. The molecule has 0 atom stereocenters. The van der Waals surface area contributed by atoms with Gasteiger partial charge in [0.25, 0.3) is 0 Å². The van der Waals surface area contributed by atoms with E-state index in [1.165, 1.54) is 16.7 Å². The van der Waals surface area contributed by atoms with Gasteiger partial charge in [-0.05, 0) is 16.7 Å². The number of hydrogen-bond acceptors (Lipinski definition) is 0. The van der Waals surface area contributed by atoms with Crippen LogP contribution in [0.25, 0.3) is 0 Å². The zero-order valence-corrected chi connectivity index (χ0v) is 14.7. The molecule has 2 rings (SSSR count). The van der Waals surface area contributed by atoms with Gasteiger partial charge in [-0.1, -0.05) is 102 Å². The molecule has 18 heavy (non-hydrogen) atoms. The van der Waals surface area contributed by atoms with Crippen LogP contribution in [0.3, 0.4) is 0 Å². The van der Waals surface area contributed by atoms with E-state index in [1.54, 1.807) is 0 Å². The maximum atomic E-state index is 3.45. The summed E-state index contributed by atoms with van der Waals surface area (Å²) in [5.74, 6) is 0. The Labute approximate surface area is 134 Å². The lowest BCUT2D eigenvalue weighted by atomic mass is 10.1. The fourth-order valence-corrected chi connectivity index (χ4v) is 2.43. The van der Waals surface area contributed by atoms with Gasteiger partial charge in [0, 0.05) is 16.0 Å². The van der Waals surface area contributed by atoms with Crippen molar-refractivity contribution < 1.29 is 0 Å². The predicted octanol–water partition coefficient (Wildman–Crippen LogP) is 6.06. The van der Waals surface area contributed by atoms with Gasteiger partial charge in [-0.3, -0.25) is 0 Å². The van der Waals surface area contributed by atoms with Gasteiger partial charge in [0.2, 0.25) is 0 Å². The summed E-state index contributed by atoms with van der Waals surface area (Å²) in [6, 6.07) is 18.6. The normalized spacial score (nSPS) is 9.50. The molecule has 0 nitrogen and oxygen atoms in total. The molecule has 0 radical (unpaired) electrons. The van der Waals surface area contributed by atoms with E-state index in [2.05, 4.69) is 66.0 Å². The van der Waals surface area contributed by atoms with Crippen LogP contribution in [-0.4, -0.2) is 0 Å². The lowest BCUT2D eigenvalue weighted by Crippen LogP contribution is -1.87. The van der Waals surface area contributed by atoms with Crippen molar-refractivity contribution in [3.05, 3.63) is 71.3 Å². The number of halogens is 3. The highest BCUT2D eigenvalue weighted by molar-refractivity contribution is 9.09. The molecule has 0 aliphatic rings. The van der Waals surface area contributed by atoms with Gasteiger partial charge in [-0.2, -0.15) is 0 Å². The first-order valence-electron chi connectivity index (χ1n) is 5.59. The van der Waals surface area contributed by atoms with Gasteiger partial charge >= 0.3 is 0 Å². The van der Waals surface area contributed by atoms with Crippen molar-refractivity contribution in [2.45, 2.75) is 16.0 Å². The van der Waals surface area contributed by atoms with Crippen LogP contribution in [-0.2, 0) is 16.0 Å². The average Bonchev–Trinajstić information content (AvgIpc) is 2.49. The molecule has 0 saturated carbocycles. The summed E-state index contributed by atoms with van der Waals surface area (Å²) < 4.78 is 0. The average molecular weight is 435 g/mol. The molecule has 2 aromatic rings. The number of hydrogen-bond donors (Lipinski definition) is 0. The maximum Gasteiger partial charge on any atom is 0.0283 e. The summed E-state index contributed by atoms with van der Waals surface area (Å²) in [5, 5.41) is 2.77. The second-order valence-corrected chi connectivity index (χ2v) is 5.40. The standard InChI is InChI=1S/C9H9Br3.C6H6/c10-4-7-1-8(5-11)3-9(2-7)6-12;1-2-4-6-5-3-1/h1-3H,4-6H2;1-6H. The molecule has 0 aromatic heterocycles. The maximum absolute atomic E-state index is 3.45. The third-order valence-corrected chi connectivity index (χ3v) is 4.18. The van der Waals surface area contributed by atoms with Crippen LogP contribution in [0.5, 0.6) is 0 Å². The highest BCUT2D eigenvalue weighted by Gasteiger charge is 1.98. The smallest absolute Gasteiger partial charge is 0.0283 e. The lowest BCUT2D eigenvalue weighted by Gasteiger charge is -2.03. The van der Waals surface area contributed by atoms with Gasteiger partial charge in [0.05, 0.1) is 0 Å². The molecule has 0 amide bonds. The molecule has 0 spiro atoms. The monoisotopic (exact) mass is 432 g/mol. The topological polar surface area (TPSA) is 0 Å². The lowest BCUT2D eigenvalue weighted by molar-refractivity contribution is 1.29. The van der Waals surface area contributed by atoms with Crippen LogP contribution >= 0.6 is 47.8 Å². The van der Waals surface area contributed by atoms with Crippen LogP contribution in [0.1, 0.15) is 16.7 Å². The van der Waals surface area contributed by atoms with E-state index in [4.69, 9.17) is 0 Å². The molecule has 0 aliphatic carbocycles. The van der Waals surface area contributed by atoms with E-state index >= 15 is 0 Å². The zero-order chi connectivity index (χ0) is 13.2. The van der Waals surface area contributed by atoms with E-state index in [0.717, 1.165) is 16.0 Å². The van der Waals surface area contributed by atoms with E-state index in [9.17, 15) is 0 Å². The molecule has 2 aromatic carbocycles. The second-order valence-electron chi connectivity index (χ2n) is 3.71. The molecule has 0 N–H and O–H groups in total. The highest BCUT2D eigenvalue weighted by Crippen LogP contribution is 2.17. The van der Waals surface area contributed by atoms with Crippen LogP contribution in [0.4, 0.5) is 0 Å². The molecule has 0 saturated heterocycles. The first-order chi connectivity index (χ1) is 8.80. The van der Waals surface area contributed by atoms with Crippen LogP contribution < -0.4 is 0 Å². The van der Waals surface area contributed by atoms with Gasteiger partial charge < -0.3 is 0 Å². The molecule has 96 valence electrons.